The number of carbonyl (C=O) groups is 1. The number of benzene rings is 1. The molecule has 0 atom stereocenters. The number of thiazole rings is 1. The summed E-state index contributed by atoms with van der Waals surface area (Å²) >= 11 is 1.35. The van der Waals surface area contributed by atoms with Crippen molar-refractivity contribution in [2.75, 3.05) is 17.1 Å². The maximum atomic E-state index is 13.2. The quantitative estimate of drug-likeness (QED) is 0.469. The van der Waals surface area contributed by atoms with Crippen molar-refractivity contribution in [1.29, 1.82) is 0 Å². The molecule has 34 heavy (non-hydrogen) atoms. The Balaban J connectivity index is 1.60. The van der Waals surface area contributed by atoms with E-state index in [0.717, 1.165) is 47.4 Å². The van der Waals surface area contributed by atoms with Gasteiger partial charge in [0.25, 0.3) is 10.0 Å². The van der Waals surface area contributed by atoms with Crippen LogP contribution in [0.15, 0.2) is 35.4 Å². The lowest BCUT2D eigenvalue weighted by atomic mass is 10.1. The van der Waals surface area contributed by atoms with Crippen LogP contribution >= 0.6 is 11.3 Å². The molecule has 1 aromatic carbocycles. The fourth-order valence-corrected chi connectivity index (χ4v) is 6.46. The number of aryl methyl sites for hydroxylation is 3. The van der Waals surface area contributed by atoms with Crippen LogP contribution in [0.1, 0.15) is 42.5 Å². The fraction of sp³-hybridized carbons (Fsp3) is 0.375. The summed E-state index contributed by atoms with van der Waals surface area (Å²) in [5, 5.41) is 3.47. The highest BCUT2D eigenvalue weighted by Gasteiger charge is 2.24. The van der Waals surface area contributed by atoms with Crippen LogP contribution in [-0.2, 0) is 14.8 Å². The van der Waals surface area contributed by atoms with E-state index in [9.17, 15) is 13.2 Å². The van der Waals surface area contributed by atoms with E-state index < -0.39 is 10.0 Å². The molecular formula is C24H28N4O4S2. The van der Waals surface area contributed by atoms with E-state index >= 15 is 0 Å². The van der Waals surface area contributed by atoms with Crippen molar-refractivity contribution in [2.24, 2.45) is 5.92 Å². The molecule has 180 valence electrons. The van der Waals surface area contributed by atoms with Gasteiger partial charge in [0.1, 0.15) is 0 Å². The molecule has 1 saturated carbocycles. The van der Waals surface area contributed by atoms with E-state index in [1.165, 1.54) is 24.6 Å². The predicted molar refractivity (Wildman–Crippen MR) is 134 cm³/mol. The Morgan fingerprint density at radius 1 is 1.12 bits per heavy atom. The van der Waals surface area contributed by atoms with Gasteiger partial charge in [-0.2, -0.15) is 0 Å². The molecule has 0 saturated heterocycles. The lowest BCUT2D eigenvalue weighted by Gasteiger charge is -2.13. The van der Waals surface area contributed by atoms with Gasteiger partial charge in [-0.1, -0.05) is 36.3 Å². The van der Waals surface area contributed by atoms with Crippen molar-refractivity contribution in [1.82, 2.24) is 9.97 Å². The Morgan fingerprint density at radius 2 is 1.85 bits per heavy atom. The number of pyridine rings is 1. The van der Waals surface area contributed by atoms with Gasteiger partial charge in [-0.15, -0.1) is 0 Å². The summed E-state index contributed by atoms with van der Waals surface area (Å²) in [7, 11) is -2.35. The van der Waals surface area contributed by atoms with Crippen molar-refractivity contribution in [3.63, 3.8) is 0 Å². The zero-order chi connectivity index (χ0) is 24.5. The zero-order valence-corrected chi connectivity index (χ0v) is 21.3. The van der Waals surface area contributed by atoms with Gasteiger partial charge in [0.2, 0.25) is 11.8 Å². The zero-order valence-electron chi connectivity index (χ0n) is 19.6. The van der Waals surface area contributed by atoms with E-state index in [1.54, 1.807) is 32.0 Å². The summed E-state index contributed by atoms with van der Waals surface area (Å²) in [6.45, 7) is 5.41. The maximum absolute atomic E-state index is 13.2. The van der Waals surface area contributed by atoms with Crippen molar-refractivity contribution in [3.05, 3.63) is 47.3 Å². The molecule has 3 aromatic rings. The Hall–Kier alpha value is -2.98. The minimum Gasteiger partial charge on any atom is -0.481 e. The minimum atomic E-state index is -3.86. The smallest absolute Gasteiger partial charge is 0.262 e. The SMILES string of the molecule is COc1ncc(NS(=O)(=O)c2cc(-c3sc(NC(=O)C4CCCC4)nc3C)ccc2C)cc1C. The molecule has 1 amide bonds. The second-order valence-electron chi connectivity index (χ2n) is 8.54. The molecule has 8 nitrogen and oxygen atoms in total. The molecule has 1 aliphatic carbocycles. The third-order valence-corrected chi connectivity index (χ3v) is 8.61. The lowest BCUT2D eigenvalue weighted by molar-refractivity contribution is -0.119. The highest BCUT2D eigenvalue weighted by Crippen LogP contribution is 2.36. The van der Waals surface area contributed by atoms with Gasteiger partial charge in [0, 0.05) is 11.5 Å². The van der Waals surface area contributed by atoms with Crippen molar-refractivity contribution < 1.29 is 17.9 Å². The second-order valence-corrected chi connectivity index (χ2v) is 11.2. The van der Waals surface area contributed by atoms with Crippen molar-refractivity contribution in [3.8, 4) is 16.3 Å². The molecule has 4 rings (SSSR count). The molecule has 0 unspecified atom stereocenters. The number of anilines is 2. The van der Waals surface area contributed by atoms with Crippen LogP contribution < -0.4 is 14.8 Å². The highest BCUT2D eigenvalue weighted by atomic mass is 32.2. The standard InChI is InChI=1S/C24H28N4O4S2/c1-14-9-10-18(21-16(3)26-24(33-21)27-22(29)17-7-5-6-8-17)12-20(14)34(30,31)28-19-11-15(2)23(32-4)25-13-19/h9-13,17,28H,5-8H2,1-4H3,(H,26,27,29). The molecule has 1 fully saturated rings. The summed E-state index contributed by atoms with van der Waals surface area (Å²) < 4.78 is 34.2. The molecule has 2 aromatic heterocycles. The van der Waals surface area contributed by atoms with E-state index in [4.69, 9.17) is 4.74 Å². The third kappa shape index (κ3) is 5.07. The largest absolute Gasteiger partial charge is 0.481 e. The van der Waals surface area contributed by atoms with Crippen molar-refractivity contribution >= 4 is 38.1 Å². The van der Waals surface area contributed by atoms with Gasteiger partial charge in [0.15, 0.2) is 5.13 Å². The number of ether oxygens (including phenoxy) is 1. The normalized spacial score (nSPS) is 14.2. The number of rotatable bonds is 7. The van der Waals surface area contributed by atoms with Crippen LogP contribution in [-0.4, -0.2) is 31.4 Å². The third-order valence-electron chi connectivity index (χ3n) is 5.97. The number of nitrogens with zero attached hydrogens (tertiary/aromatic N) is 2. The Kier molecular flexibility index (Phi) is 6.90. The van der Waals surface area contributed by atoms with Gasteiger partial charge < -0.3 is 10.1 Å². The molecule has 10 heteroatoms. The number of sulfonamides is 1. The van der Waals surface area contributed by atoms with Gasteiger partial charge in [-0.3, -0.25) is 9.52 Å². The van der Waals surface area contributed by atoms with Gasteiger partial charge in [0.05, 0.1) is 34.5 Å². The van der Waals surface area contributed by atoms with Gasteiger partial charge in [-0.05, 0) is 56.9 Å². The van der Waals surface area contributed by atoms with E-state index in [1.807, 2.05) is 13.0 Å². The summed E-state index contributed by atoms with van der Waals surface area (Å²) in [6.07, 6.45) is 5.42. The molecule has 0 spiro atoms. The maximum Gasteiger partial charge on any atom is 0.262 e. The first-order valence-electron chi connectivity index (χ1n) is 11.1. The van der Waals surface area contributed by atoms with E-state index in [2.05, 4.69) is 20.0 Å². The first kappa shape index (κ1) is 24.2. The van der Waals surface area contributed by atoms with Gasteiger partial charge >= 0.3 is 0 Å². The monoisotopic (exact) mass is 500 g/mol. The predicted octanol–water partition coefficient (Wildman–Crippen LogP) is 5.07. The summed E-state index contributed by atoms with van der Waals surface area (Å²) in [5.74, 6) is 0.501. The van der Waals surface area contributed by atoms with Gasteiger partial charge in [-0.25, -0.2) is 18.4 Å². The van der Waals surface area contributed by atoms with E-state index in [0.29, 0.717) is 22.3 Å². The fourth-order valence-electron chi connectivity index (χ4n) is 4.19. The average Bonchev–Trinajstić information content (AvgIpc) is 3.44. The summed E-state index contributed by atoms with van der Waals surface area (Å²) in [4.78, 5) is 22.1. The van der Waals surface area contributed by atoms with Crippen LogP contribution in [0.4, 0.5) is 10.8 Å². The topological polar surface area (TPSA) is 110 Å². The molecule has 2 N–H and O–H groups in total. The molecule has 1 aliphatic rings. The Labute approximate surface area is 203 Å². The molecular weight excluding hydrogens is 472 g/mol. The summed E-state index contributed by atoms with van der Waals surface area (Å²) in [6, 6.07) is 6.97. The first-order chi connectivity index (χ1) is 16.2. The number of methoxy groups -OCH3 is 1. The van der Waals surface area contributed by atoms with Crippen LogP contribution in [0, 0.1) is 26.7 Å². The van der Waals surface area contributed by atoms with Crippen LogP contribution in [0.2, 0.25) is 0 Å². The van der Waals surface area contributed by atoms with Crippen LogP contribution in [0.5, 0.6) is 5.88 Å². The molecule has 2 heterocycles. The number of amides is 1. The Bertz CT molecular complexity index is 1330. The number of hydrogen-bond acceptors (Lipinski definition) is 7. The molecule has 0 radical (unpaired) electrons. The van der Waals surface area contributed by atoms with Crippen LogP contribution in [0.3, 0.4) is 0 Å². The molecule has 0 bridgehead atoms. The van der Waals surface area contributed by atoms with E-state index in [-0.39, 0.29) is 16.7 Å². The number of hydrogen-bond donors (Lipinski definition) is 2. The Morgan fingerprint density at radius 3 is 2.53 bits per heavy atom. The summed E-state index contributed by atoms with van der Waals surface area (Å²) in [5.41, 5.74) is 3.16. The number of nitrogens with one attached hydrogen (secondary N) is 2. The lowest BCUT2D eigenvalue weighted by Crippen LogP contribution is -2.20. The first-order valence-corrected chi connectivity index (χ1v) is 13.4. The number of carbonyl (C=O) groups excluding carboxylic acids is 1. The van der Waals surface area contributed by atoms with Crippen molar-refractivity contribution in [2.45, 2.75) is 51.3 Å². The average molecular weight is 501 g/mol. The van der Waals surface area contributed by atoms with Crippen LogP contribution in [0.25, 0.3) is 10.4 Å². The minimum absolute atomic E-state index is 0.0116. The number of aromatic nitrogens is 2. The second kappa shape index (κ2) is 9.71. The highest BCUT2D eigenvalue weighted by molar-refractivity contribution is 7.92. The molecule has 0 aliphatic heterocycles.